The topological polar surface area (TPSA) is 91.8 Å². The van der Waals surface area contributed by atoms with Gasteiger partial charge in [0.2, 0.25) is 0 Å². The van der Waals surface area contributed by atoms with Gasteiger partial charge in [0.1, 0.15) is 18.2 Å². The summed E-state index contributed by atoms with van der Waals surface area (Å²) in [5, 5.41) is 11.9. The molecule has 3 aliphatic heterocycles. The zero-order valence-corrected chi connectivity index (χ0v) is 17.6. The molecule has 0 atom stereocenters. The summed E-state index contributed by atoms with van der Waals surface area (Å²) in [6, 6.07) is 8.09. The van der Waals surface area contributed by atoms with Crippen molar-refractivity contribution >= 4 is 28.9 Å². The molecule has 166 valence electrons. The number of carbonyl (C=O) groups excluding carboxylic acids is 1. The summed E-state index contributed by atoms with van der Waals surface area (Å²) in [7, 11) is 0. The van der Waals surface area contributed by atoms with E-state index in [1.165, 1.54) is 12.1 Å². The second-order valence-electron chi connectivity index (χ2n) is 8.49. The van der Waals surface area contributed by atoms with E-state index in [4.69, 9.17) is 14.8 Å². The van der Waals surface area contributed by atoms with Gasteiger partial charge in [-0.05, 0) is 75.6 Å². The Morgan fingerprint density at radius 3 is 2.81 bits per heavy atom. The molecule has 0 bridgehead atoms. The van der Waals surface area contributed by atoms with Gasteiger partial charge in [-0.15, -0.1) is 0 Å². The molecule has 2 aromatic rings. The van der Waals surface area contributed by atoms with E-state index in [9.17, 15) is 14.0 Å². The number of aliphatic carboxylic acids is 1. The fourth-order valence-electron chi connectivity index (χ4n) is 4.68. The van der Waals surface area contributed by atoms with Crippen molar-refractivity contribution in [3.63, 3.8) is 0 Å². The average molecular weight is 437 g/mol. The van der Waals surface area contributed by atoms with Crippen molar-refractivity contribution in [3.05, 3.63) is 58.7 Å². The Balaban J connectivity index is 1.26. The van der Waals surface area contributed by atoms with Crippen LogP contribution >= 0.6 is 0 Å². The van der Waals surface area contributed by atoms with Crippen molar-refractivity contribution in [2.45, 2.75) is 32.3 Å². The summed E-state index contributed by atoms with van der Waals surface area (Å²) < 4.78 is 19.6. The highest BCUT2D eigenvalue weighted by Gasteiger charge is 2.33. The van der Waals surface area contributed by atoms with E-state index in [0.29, 0.717) is 35.4 Å². The van der Waals surface area contributed by atoms with Crippen LogP contribution in [0.5, 0.6) is 0 Å². The Bertz CT molecular complexity index is 1120. The molecule has 0 radical (unpaired) electrons. The highest BCUT2D eigenvalue weighted by Crippen LogP contribution is 2.41. The lowest BCUT2D eigenvalue weighted by Gasteiger charge is -2.29. The molecule has 8 heteroatoms. The number of aryl methyl sites for hydroxylation is 1. The highest BCUT2D eigenvalue weighted by molar-refractivity contribution is 6.36. The number of ether oxygens (including phenoxy) is 1. The number of piperidine rings is 1. The Morgan fingerprint density at radius 1 is 1.22 bits per heavy atom. The van der Waals surface area contributed by atoms with E-state index in [1.807, 2.05) is 12.1 Å². The van der Waals surface area contributed by atoms with Gasteiger partial charge in [-0.25, -0.2) is 4.39 Å². The second-order valence-corrected chi connectivity index (χ2v) is 8.49. The first-order chi connectivity index (χ1) is 15.5. The van der Waals surface area contributed by atoms with Crippen LogP contribution in [-0.4, -0.2) is 46.5 Å². The predicted octanol–water partition coefficient (Wildman–Crippen LogP) is 3.30. The minimum absolute atomic E-state index is 0.210. The van der Waals surface area contributed by atoms with Crippen LogP contribution in [0.4, 0.5) is 10.1 Å². The number of pyridine rings is 1. The number of anilines is 1. The molecular formula is C24H24FN3O4. The van der Waals surface area contributed by atoms with Gasteiger partial charge in [-0.3, -0.25) is 14.6 Å². The monoisotopic (exact) mass is 437 g/mol. The smallest absolute Gasteiger partial charge is 0.306 e. The number of carboxylic acid groups (broad SMARTS) is 1. The molecule has 32 heavy (non-hydrogen) atoms. The third-order valence-corrected chi connectivity index (χ3v) is 6.43. The molecule has 1 aromatic heterocycles. The third-order valence-electron chi connectivity index (χ3n) is 6.43. The first-order valence-corrected chi connectivity index (χ1v) is 10.9. The number of benzene rings is 1. The quantitative estimate of drug-likeness (QED) is 0.698. The van der Waals surface area contributed by atoms with Crippen molar-refractivity contribution in [2.24, 2.45) is 5.92 Å². The largest absolute Gasteiger partial charge is 0.486 e. The van der Waals surface area contributed by atoms with Crippen LogP contribution in [0.1, 0.15) is 41.8 Å². The van der Waals surface area contributed by atoms with Gasteiger partial charge in [0.15, 0.2) is 0 Å². The van der Waals surface area contributed by atoms with E-state index in [2.05, 4.69) is 10.2 Å². The van der Waals surface area contributed by atoms with E-state index in [1.54, 1.807) is 6.07 Å². The van der Waals surface area contributed by atoms with Crippen molar-refractivity contribution in [3.8, 4) is 0 Å². The minimum atomic E-state index is -0.688. The van der Waals surface area contributed by atoms with Gasteiger partial charge in [0.05, 0.1) is 17.2 Å². The molecule has 0 aliphatic carbocycles. The van der Waals surface area contributed by atoms with Gasteiger partial charge in [0.25, 0.3) is 5.91 Å². The molecule has 2 N–H and O–H groups in total. The molecule has 0 saturated carbocycles. The van der Waals surface area contributed by atoms with Gasteiger partial charge < -0.3 is 20.1 Å². The van der Waals surface area contributed by atoms with Crippen molar-refractivity contribution in [2.75, 3.05) is 25.0 Å². The fraction of sp³-hybridized carbons (Fsp3) is 0.375. The predicted molar refractivity (Wildman–Crippen MR) is 116 cm³/mol. The van der Waals surface area contributed by atoms with Crippen LogP contribution in [0.3, 0.4) is 0 Å². The van der Waals surface area contributed by atoms with Crippen LogP contribution in [0, 0.1) is 11.7 Å². The van der Waals surface area contributed by atoms with Crippen molar-refractivity contribution in [1.82, 2.24) is 9.88 Å². The molecule has 1 fully saturated rings. The summed E-state index contributed by atoms with van der Waals surface area (Å²) in [5.41, 5.74) is 3.94. The van der Waals surface area contributed by atoms with Crippen LogP contribution in [0.2, 0.25) is 0 Å². The van der Waals surface area contributed by atoms with Gasteiger partial charge >= 0.3 is 5.97 Å². The molecule has 0 spiro atoms. The lowest BCUT2D eigenvalue weighted by Crippen LogP contribution is -2.36. The molecule has 7 nitrogen and oxygen atoms in total. The number of nitrogens with zero attached hydrogens (tertiary/aromatic N) is 2. The van der Waals surface area contributed by atoms with E-state index < -0.39 is 11.8 Å². The number of halogens is 1. The van der Waals surface area contributed by atoms with E-state index in [0.717, 1.165) is 49.4 Å². The molecular weight excluding hydrogens is 413 g/mol. The summed E-state index contributed by atoms with van der Waals surface area (Å²) in [5.74, 6) is -1.16. The number of aromatic nitrogens is 1. The maximum atomic E-state index is 13.8. The standard InChI is InChI=1S/C24H24FN3O4/c25-15-3-6-19-18(12-15)21(23(29)27-19)22-17-5-4-16(26-20(17)13-32-22)2-1-9-28-10-7-14(8-11-28)24(30)31/h3-6,12,14H,1-2,7-11,13H2,(H,27,29)(H,30,31)/b22-21-. The van der Waals surface area contributed by atoms with Crippen LogP contribution in [0.15, 0.2) is 30.3 Å². The molecule has 0 unspecified atom stereocenters. The molecule has 5 rings (SSSR count). The zero-order valence-electron chi connectivity index (χ0n) is 17.6. The maximum Gasteiger partial charge on any atom is 0.306 e. The summed E-state index contributed by atoms with van der Waals surface area (Å²) in [4.78, 5) is 30.6. The number of fused-ring (bicyclic) bond motifs is 2. The first-order valence-electron chi connectivity index (χ1n) is 10.9. The van der Waals surface area contributed by atoms with Crippen LogP contribution in [-0.2, 0) is 27.4 Å². The number of carbonyl (C=O) groups is 2. The molecule has 3 aliphatic rings. The second kappa shape index (κ2) is 8.35. The number of carboxylic acids is 1. The fourth-order valence-corrected chi connectivity index (χ4v) is 4.68. The highest BCUT2D eigenvalue weighted by atomic mass is 19.1. The number of rotatable bonds is 5. The third kappa shape index (κ3) is 3.86. The first kappa shape index (κ1) is 20.6. The number of nitrogens with one attached hydrogen (secondary N) is 1. The normalized spacial score (nSPS) is 20.6. The molecule has 4 heterocycles. The Hall–Kier alpha value is -3.26. The number of hydrogen-bond donors (Lipinski definition) is 2. The number of amides is 1. The van der Waals surface area contributed by atoms with Crippen molar-refractivity contribution < 1.29 is 23.8 Å². The van der Waals surface area contributed by atoms with Gasteiger partial charge in [-0.2, -0.15) is 0 Å². The van der Waals surface area contributed by atoms with Crippen LogP contribution in [0.25, 0.3) is 11.3 Å². The average Bonchev–Trinajstić information content (AvgIpc) is 3.33. The summed E-state index contributed by atoms with van der Waals surface area (Å²) in [6.07, 6.45) is 3.17. The Morgan fingerprint density at radius 2 is 2.03 bits per heavy atom. The Labute approximate surface area is 184 Å². The lowest BCUT2D eigenvalue weighted by atomic mass is 9.97. The van der Waals surface area contributed by atoms with E-state index >= 15 is 0 Å². The molecule has 1 amide bonds. The van der Waals surface area contributed by atoms with Gasteiger partial charge in [-0.1, -0.05) is 0 Å². The zero-order chi connectivity index (χ0) is 22.2. The molecule has 1 saturated heterocycles. The maximum absolute atomic E-state index is 13.8. The van der Waals surface area contributed by atoms with Gasteiger partial charge in [0, 0.05) is 22.5 Å². The lowest BCUT2D eigenvalue weighted by molar-refractivity contribution is -0.143. The minimum Gasteiger partial charge on any atom is -0.486 e. The summed E-state index contributed by atoms with van der Waals surface area (Å²) >= 11 is 0. The van der Waals surface area contributed by atoms with Crippen LogP contribution < -0.4 is 5.32 Å². The number of likely N-dealkylation sites (tertiary alicyclic amines) is 1. The number of hydrogen-bond acceptors (Lipinski definition) is 5. The van der Waals surface area contributed by atoms with E-state index in [-0.39, 0.29) is 18.4 Å². The van der Waals surface area contributed by atoms with Crippen molar-refractivity contribution in [1.29, 1.82) is 0 Å². The Kier molecular flexibility index (Phi) is 5.38. The SMILES string of the molecule is O=C1Nc2ccc(F)cc2/C1=C1/OCc2nc(CCCN3CCC(C(=O)O)CC3)ccc21. The molecule has 1 aromatic carbocycles. The summed E-state index contributed by atoms with van der Waals surface area (Å²) in [6.45, 7) is 2.84.